The summed E-state index contributed by atoms with van der Waals surface area (Å²) in [7, 11) is 0. The monoisotopic (exact) mass is 357 g/mol. The second-order valence-electron chi connectivity index (χ2n) is 6.21. The molecule has 1 fully saturated rings. The van der Waals surface area contributed by atoms with E-state index in [0.717, 1.165) is 59.8 Å². The van der Waals surface area contributed by atoms with Crippen LogP contribution in [-0.4, -0.2) is 35.9 Å². The SMILES string of the molecule is Cc1cc(-c2csc(N3CCOCC3)n2)c(C)n1-c1cccc(F)c1. The predicted molar refractivity (Wildman–Crippen MR) is 99.3 cm³/mol. The number of aromatic nitrogens is 2. The average molecular weight is 357 g/mol. The van der Waals surface area contributed by atoms with Crippen molar-refractivity contribution in [2.45, 2.75) is 13.8 Å². The van der Waals surface area contributed by atoms with Crippen LogP contribution in [-0.2, 0) is 4.74 Å². The van der Waals surface area contributed by atoms with Gasteiger partial charge in [-0.05, 0) is 38.1 Å². The van der Waals surface area contributed by atoms with Gasteiger partial charge in [-0.1, -0.05) is 6.07 Å². The Morgan fingerprint density at radius 3 is 2.72 bits per heavy atom. The number of ether oxygens (including phenoxy) is 1. The summed E-state index contributed by atoms with van der Waals surface area (Å²) < 4.78 is 21.1. The molecule has 3 aromatic rings. The Hall–Kier alpha value is -2.18. The summed E-state index contributed by atoms with van der Waals surface area (Å²) in [5.74, 6) is -0.227. The van der Waals surface area contributed by atoms with E-state index in [4.69, 9.17) is 9.72 Å². The van der Waals surface area contributed by atoms with Gasteiger partial charge in [0.15, 0.2) is 5.13 Å². The molecule has 0 unspecified atom stereocenters. The Kier molecular flexibility index (Phi) is 4.31. The van der Waals surface area contributed by atoms with Crippen molar-refractivity contribution in [1.82, 2.24) is 9.55 Å². The second kappa shape index (κ2) is 6.61. The maximum atomic E-state index is 13.6. The number of halogens is 1. The molecule has 2 aromatic heterocycles. The van der Waals surface area contributed by atoms with Crippen molar-refractivity contribution in [3.63, 3.8) is 0 Å². The second-order valence-corrected chi connectivity index (χ2v) is 7.05. The number of aryl methyl sites for hydroxylation is 1. The first-order valence-electron chi connectivity index (χ1n) is 8.37. The number of rotatable bonds is 3. The van der Waals surface area contributed by atoms with Gasteiger partial charge >= 0.3 is 0 Å². The molecular formula is C19H20FN3OS. The molecule has 1 aliphatic rings. The van der Waals surface area contributed by atoms with E-state index >= 15 is 0 Å². The quantitative estimate of drug-likeness (QED) is 0.704. The molecule has 4 nitrogen and oxygen atoms in total. The van der Waals surface area contributed by atoms with E-state index in [2.05, 4.69) is 27.8 Å². The number of benzene rings is 1. The molecule has 0 atom stereocenters. The number of hydrogen-bond acceptors (Lipinski definition) is 4. The summed E-state index contributed by atoms with van der Waals surface area (Å²) in [6, 6.07) is 8.81. The van der Waals surface area contributed by atoms with Gasteiger partial charge in [0.1, 0.15) is 5.82 Å². The minimum atomic E-state index is -0.227. The first-order chi connectivity index (χ1) is 12.1. The standard InChI is InChI=1S/C19H20FN3OS/c1-13-10-17(14(2)23(13)16-5-3-4-15(20)11-16)18-12-25-19(21-18)22-6-8-24-9-7-22/h3-5,10-12H,6-9H2,1-2H3. The number of nitrogens with zero attached hydrogens (tertiary/aromatic N) is 3. The van der Waals surface area contributed by atoms with Crippen molar-refractivity contribution in [3.05, 3.63) is 52.9 Å². The van der Waals surface area contributed by atoms with Gasteiger partial charge < -0.3 is 14.2 Å². The van der Waals surface area contributed by atoms with Crippen LogP contribution < -0.4 is 4.90 Å². The topological polar surface area (TPSA) is 30.3 Å². The number of thiazole rings is 1. The van der Waals surface area contributed by atoms with Crippen LogP contribution in [0.3, 0.4) is 0 Å². The molecule has 1 aliphatic heterocycles. The zero-order chi connectivity index (χ0) is 17.4. The van der Waals surface area contributed by atoms with E-state index in [1.54, 1.807) is 23.5 Å². The Labute approximate surface area is 150 Å². The van der Waals surface area contributed by atoms with Crippen LogP contribution in [0.5, 0.6) is 0 Å². The lowest BCUT2D eigenvalue weighted by atomic mass is 10.2. The fourth-order valence-corrected chi connectivity index (χ4v) is 4.20. The average Bonchev–Trinajstić information content (AvgIpc) is 3.20. The maximum absolute atomic E-state index is 13.6. The first kappa shape index (κ1) is 16.3. The summed E-state index contributed by atoms with van der Waals surface area (Å²) in [5, 5.41) is 3.14. The van der Waals surface area contributed by atoms with Crippen molar-refractivity contribution in [2.24, 2.45) is 0 Å². The fourth-order valence-electron chi connectivity index (χ4n) is 3.32. The van der Waals surface area contributed by atoms with Crippen molar-refractivity contribution in [1.29, 1.82) is 0 Å². The largest absolute Gasteiger partial charge is 0.378 e. The van der Waals surface area contributed by atoms with Gasteiger partial charge in [0.05, 0.1) is 18.9 Å². The molecule has 0 spiro atoms. The molecule has 6 heteroatoms. The zero-order valence-electron chi connectivity index (χ0n) is 14.3. The summed E-state index contributed by atoms with van der Waals surface area (Å²) in [6.07, 6.45) is 0. The van der Waals surface area contributed by atoms with Crippen molar-refractivity contribution in [2.75, 3.05) is 31.2 Å². The Bertz CT molecular complexity index is 896. The fraction of sp³-hybridized carbons (Fsp3) is 0.316. The third-order valence-electron chi connectivity index (χ3n) is 4.55. The van der Waals surface area contributed by atoms with Crippen LogP contribution in [0.4, 0.5) is 9.52 Å². The molecule has 1 saturated heterocycles. The molecule has 3 heterocycles. The van der Waals surface area contributed by atoms with Gasteiger partial charge in [-0.2, -0.15) is 0 Å². The summed E-state index contributed by atoms with van der Waals surface area (Å²) >= 11 is 1.66. The molecule has 0 amide bonds. The molecule has 4 rings (SSSR count). The van der Waals surface area contributed by atoms with E-state index in [1.807, 2.05) is 13.0 Å². The van der Waals surface area contributed by atoms with Crippen LogP contribution in [0.25, 0.3) is 16.9 Å². The van der Waals surface area contributed by atoms with E-state index in [0.29, 0.717) is 0 Å². The highest BCUT2D eigenvalue weighted by Crippen LogP contribution is 2.33. The highest BCUT2D eigenvalue weighted by molar-refractivity contribution is 7.14. The van der Waals surface area contributed by atoms with Gasteiger partial charge in [0.25, 0.3) is 0 Å². The smallest absolute Gasteiger partial charge is 0.186 e. The molecule has 1 aromatic carbocycles. The van der Waals surface area contributed by atoms with Gasteiger partial charge in [0.2, 0.25) is 0 Å². The first-order valence-corrected chi connectivity index (χ1v) is 9.25. The van der Waals surface area contributed by atoms with E-state index < -0.39 is 0 Å². The molecule has 130 valence electrons. The molecule has 0 saturated carbocycles. The molecule has 0 N–H and O–H groups in total. The van der Waals surface area contributed by atoms with Crippen LogP contribution in [0.2, 0.25) is 0 Å². The molecule has 0 aliphatic carbocycles. The summed E-state index contributed by atoms with van der Waals surface area (Å²) in [4.78, 5) is 7.10. The number of morpholine rings is 1. The Morgan fingerprint density at radius 1 is 1.16 bits per heavy atom. The van der Waals surface area contributed by atoms with Crippen LogP contribution in [0.1, 0.15) is 11.4 Å². The minimum Gasteiger partial charge on any atom is -0.378 e. The number of hydrogen-bond donors (Lipinski definition) is 0. The van der Waals surface area contributed by atoms with Crippen molar-refractivity contribution in [3.8, 4) is 16.9 Å². The molecular weight excluding hydrogens is 337 g/mol. The van der Waals surface area contributed by atoms with Gasteiger partial charge in [-0.3, -0.25) is 0 Å². The molecule has 25 heavy (non-hydrogen) atoms. The summed E-state index contributed by atoms with van der Waals surface area (Å²) in [6.45, 7) is 7.37. The highest BCUT2D eigenvalue weighted by Gasteiger charge is 2.18. The van der Waals surface area contributed by atoms with Crippen LogP contribution >= 0.6 is 11.3 Å². The van der Waals surface area contributed by atoms with Crippen molar-refractivity contribution >= 4 is 16.5 Å². The van der Waals surface area contributed by atoms with Gasteiger partial charge in [0, 0.05) is 41.1 Å². The lowest BCUT2D eigenvalue weighted by Gasteiger charge is -2.26. The lowest BCUT2D eigenvalue weighted by Crippen LogP contribution is -2.36. The van der Waals surface area contributed by atoms with Crippen LogP contribution in [0.15, 0.2) is 35.7 Å². The third kappa shape index (κ3) is 3.07. The van der Waals surface area contributed by atoms with E-state index in [9.17, 15) is 4.39 Å². The van der Waals surface area contributed by atoms with E-state index in [1.165, 1.54) is 6.07 Å². The minimum absolute atomic E-state index is 0.227. The summed E-state index contributed by atoms with van der Waals surface area (Å²) in [5.41, 5.74) is 5.05. The number of anilines is 1. The Balaban J connectivity index is 1.70. The predicted octanol–water partition coefficient (Wildman–Crippen LogP) is 4.19. The molecule has 0 radical (unpaired) electrons. The third-order valence-corrected chi connectivity index (χ3v) is 5.45. The lowest BCUT2D eigenvalue weighted by molar-refractivity contribution is 0.122. The zero-order valence-corrected chi connectivity index (χ0v) is 15.1. The van der Waals surface area contributed by atoms with E-state index in [-0.39, 0.29) is 5.82 Å². The van der Waals surface area contributed by atoms with Crippen molar-refractivity contribution < 1.29 is 9.13 Å². The normalized spacial score (nSPS) is 14.9. The Morgan fingerprint density at radius 2 is 1.96 bits per heavy atom. The van der Waals surface area contributed by atoms with Gasteiger partial charge in [-0.15, -0.1) is 11.3 Å². The van der Waals surface area contributed by atoms with Crippen LogP contribution in [0, 0.1) is 19.7 Å². The maximum Gasteiger partial charge on any atom is 0.186 e. The molecule has 0 bridgehead atoms. The highest BCUT2D eigenvalue weighted by atomic mass is 32.1. The van der Waals surface area contributed by atoms with Gasteiger partial charge in [-0.25, -0.2) is 9.37 Å².